The highest BCUT2D eigenvalue weighted by Crippen LogP contribution is 2.48. The molecule has 0 saturated heterocycles. The van der Waals surface area contributed by atoms with Gasteiger partial charge in [-0.25, -0.2) is 0 Å². The maximum atomic E-state index is 11.9. The molecule has 112 valence electrons. The zero-order valence-electron chi connectivity index (χ0n) is 12.0. The van der Waals surface area contributed by atoms with Crippen LogP contribution in [0.2, 0.25) is 0 Å². The van der Waals surface area contributed by atoms with Crippen molar-refractivity contribution in [3.05, 3.63) is 24.3 Å². The molecule has 1 unspecified atom stereocenters. The van der Waals surface area contributed by atoms with Crippen molar-refractivity contribution in [3.63, 3.8) is 0 Å². The average Bonchev–Trinajstić information content (AvgIpc) is 2.86. The number of allylic oxidation sites excluding steroid dienone is 1. The molecular weight excluding hydrogens is 256 g/mol. The predicted molar refractivity (Wildman–Crippen MR) is 76.1 cm³/mol. The molecule has 0 spiro atoms. The Kier molecular flexibility index (Phi) is 5.13. The molecule has 5 atom stereocenters. The van der Waals surface area contributed by atoms with E-state index < -0.39 is 12.2 Å². The lowest BCUT2D eigenvalue weighted by Crippen LogP contribution is -2.17. The maximum Gasteiger partial charge on any atom is 0.161 e. The van der Waals surface area contributed by atoms with Crippen molar-refractivity contribution in [2.45, 2.75) is 38.4 Å². The van der Waals surface area contributed by atoms with Gasteiger partial charge in [-0.05, 0) is 37.7 Å². The molecule has 2 aliphatic rings. The largest absolute Gasteiger partial charge is 0.392 e. The molecule has 0 aromatic rings. The van der Waals surface area contributed by atoms with Crippen LogP contribution >= 0.6 is 0 Å². The van der Waals surface area contributed by atoms with E-state index in [1.165, 1.54) is 0 Å². The standard InChI is InChI=1S/C16H24O4/c1-3-20-9-11(17)5-4-6-12-13-7-10(2)16(19)14(13)8-15(12)18/h4,6,11-15,17-18H,2-3,5,7-9H2,1H3/b6-4+/t11?,12-,13-,14-,15+/m0/s1. The molecule has 0 bridgehead atoms. The van der Waals surface area contributed by atoms with Gasteiger partial charge in [0.15, 0.2) is 5.78 Å². The number of fused-ring (bicyclic) bond motifs is 1. The second kappa shape index (κ2) is 6.66. The Morgan fingerprint density at radius 1 is 1.55 bits per heavy atom. The number of ketones is 1. The number of Topliss-reactive ketones (excluding diaryl/α,β-unsaturated/α-hetero) is 1. The molecule has 0 aromatic heterocycles. The molecule has 20 heavy (non-hydrogen) atoms. The SMILES string of the molecule is C=C1C[C@H]2[C@H](/C=C/CC(O)COCC)[C@H](O)C[C@@H]2C1=O. The second-order valence-corrected chi connectivity index (χ2v) is 5.80. The number of carbonyl (C=O) groups is 1. The van der Waals surface area contributed by atoms with Crippen LogP contribution < -0.4 is 0 Å². The highest BCUT2D eigenvalue weighted by atomic mass is 16.5. The molecule has 0 aromatic carbocycles. The Hall–Kier alpha value is -0.970. The van der Waals surface area contributed by atoms with Gasteiger partial charge >= 0.3 is 0 Å². The molecular formula is C16H24O4. The van der Waals surface area contributed by atoms with E-state index in [2.05, 4.69) is 6.58 Å². The topological polar surface area (TPSA) is 66.8 Å². The Labute approximate surface area is 120 Å². The summed E-state index contributed by atoms with van der Waals surface area (Å²) in [6, 6.07) is 0. The Morgan fingerprint density at radius 3 is 3.00 bits per heavy atom. The minimum absolute atomic E-state index is 0.00231. The lowest BCUT2D eigenvalue weighted by Gasteiger charge is -2.16. The molecule has 0 amide bonds. The van der Waals surface area contributed by atoms with Crippen LogP contribution in [0.3, 0.4) is 0 Å². The fourth-order valence-electron chi connectivity index (χ4n) is 3.36. The summed E-state index contributed by atoms with van der Waals surface area (Å²) >= 11 is 0. The zero-order valence-corrected chi connectivity index (χ0v) is 12.0. The number of ether oxygens (including phenoxy) is 1. The molecule has 4 nitrogen and oxygen atoms in total. The molecule has 2 fully saturated rings. The normalized spacial score (nSPS) is 35.0. The Morgan fingerprint density at radius 2 is 2.30 bits per heavy atom. The maximum absolute atomic E-state index is 11.9. The van der Waals surface area contributed by atoms with Crippen LogP contribution in [-0.4, -0.2) is 41.4 Å². The first-order chi connectivity index (χ1) is 9.54. The van der Waals surface area contributed by atoms with Crippen molar-refractivity contribution < 1.29 is 19.7 Å². The summed E-state index contributed by atoms with van der Waals surface area (Å²) in [5, 5.41) is 19.8. The van der Waals surface area contributed by atoms with E-state index in [-0.39, 0.29) is 23.5 Å². The fraction of sp³-hybridized carbons (Fsp3) is 0.688. The van der Waals surface area contributed by atoms with Gasteiger partial charge in [0.25, 0.3) is 0 Å². The van der Waals surface area contributed by atoms with Gasteiger partial charge in [-0.15, -0.1) is 0 Å². The van der Waals surface area contributed by atoms with Crippen LogP contribution in [-0.2, 0) is 9.53 Å². The van der Waals surface area contributed by atoms with Crippen LogP contribution in [0.5, 0.6) is 0 Å². The summed E-state index contributed by atoms with van der Waals surface area (Å²) < 4.78 is 5.15. The van der Waals surface area contributed by atoms with Crippen molar-refractivity contribution in [1.82, 2.24) is 0 Å². The van der Waals surface area contributed by atoms with Crippen molar-refractivity contribution in [3.8, 4) is 0 Å². The van der Waals surface area contributed by atoms with Gasteiger partial charge in [-0.2, -0.15) is 0 Å². The highest BCUT2D eigenvalue weighted by molar-refractivity contribution is 5.99. The summed E-state index contributed by atoms with van der Waals surface area (Å²) in [4.78, 5) is 11.9. The van der Waals surface area contributed by atoms with Crippen LogP contribution in [0.15, 0.2) is 24.3 Å². The third-order valence-electron chi connectivity index (χ3n) is 4.40. The van der Waals surface area contributed by atoms with Gasteiger partial charge in [-0.1, -0.05) is 18.7 Å². The first-order valence-corrected chi connectivity index (χ1v) is 7.37. The van der Waals surface area contributed by atoms with Crippen molar-refractivity contribution in [1.29, 1.82) is 0 Å². The van der Waals surface area contributed by atoms with Crippen molar-refractivity contribution >= 4 is 5.78 Å². The van der Waals surface area contributed by atoms with Crippen LogP contribution in [0.25, 0.3) is 0 Å². The van der Waals surface area contributed by atoms with E-state index in [0.29, 0.717) is 38.0 Å². The van der Waals surface area contributed by atoms with Crippen molar-refractivity contribution in [2.75, 3.05) is 13.2 Å². The summed E-state index contributed by atoms with van der Waals surface area (Å²) in [6.45, 7) is 6.62. The number of hydrogen-bond donors (Lipinski definition) is 2. The molecule has 4 heteroatoms. The van der Waals surface area contributed by atoms with E-state index >= 15 is 0 Å². The number of carbonyl (C=O) groups excluding carboxylic acids is 1. The van der Waals surface area contributed by atoms with Gasteiger partial charge in [0, 0.05) is 18.4 Å². The van der Waals surface area contributed by atoms with Gasteiger partial charge in [0.05, 0.1) is 18.8 Å². The van der Waals surface area contributed by atoms with Gasteiger partial charge in [0.2, 0.25) is 0 Å². The Balaban J connectivity index is 1.89. The number of aliphatic hydroxyl groups is 2. The first kappa shape index (κ1) is 15.4. The smallest absolute Gasteiger partial charge is 0.161 e. The third-order valence-corrected chi connectivity index (χ3v) is 4.40. The van der Waals surface area contributed by atoms with Gasteiger partial charge in [-0.3, -0.25) is 4.79 Å². The molecule has 0 heterocycles. The molecule has 0 aliphatic heterocycles. The lowest BCUT2D eigenvalue weighted by atomic mass is 9.90. The second-order valence-electron chi connectivity index (χ2n) is 5.80. The monoisotopic (exact) mass is 280 g/mol. The zero-order chi connectivity index (χ0) is 14.7. The van der Waals surface area contributed by atoms with Crippen molar-refractivity contribution in [2.24, 2.45) is 17.8 Å². The van der Waals surface area contributed by atoms with Gasteiger partial charge in [0.1, 0.15) is 0 Å². The molecule has 2 saturated carbocycles. The Bertz CT molecular complexity index is 401. The van der Waals surface area contributed by atoms with Gasteiger partial charge < -0.3 is 14.9 Å². The summed E-state index contributed by atoms with van der Waals surface area (Å²) in [5.41, 5.74) is 0.696. The van der Waals surface area contributed by atoms with E-state index in [1.807, 2.05) is 19.1 Å². The number of rotatable bonds is 6. The van der Waals surface area contributed by atoms with E-state index in [0.717, 1.165) is 0 Å². The quantitative estimate of drug-likeness (QED) is 0.571. The minimum atomic E-state index is -0.513. The molecule has 2 aliphatic carbocycles. The van der Waals surface area contributed by atoms with E-state index in [1.54, 1.807) is 0 Å². The van der Waals surface area contributed by atoms with Crippen LogP contribution in [0.4, 0.5) is 0 Å². The molecule has 0 radical (unpaired) electrons. The lowest BCUT2D eigenvalue weighted by molar-refractivity contribution is -0.118. The van der Waals surface area contributed by atoms with E-state index in [9.17, 15) is 15.0 Å². The fourth-order valence-corrected chi connectivity index (χ4v) is 3.36. The van der Waals surface area contributed by atoms with E-state index in [4.69, 9.17) is 4.74 Å². The molecule has 2 rings (SSSR count). The summed E-state index contributed by atoms with van der Waals surface area (Å²) in [5.74, 6) is 0.259. The van der Waals surface area contributed by atoms with Crippen LogP contribution in [0.1, 0.15) is 26.2 Å². The third kappa shape index (κ3) is 3.19. The first-order valence-electron chi connectivity index (χ1n) is 7.37. The summed E-state index contributed by atoms with van der Waals surface area (Å²) in [7, 11) is 0. The molecule has 2 N–H and O–H groups in total. The number of hydrogen-bond acceptors (Lipinski definition) is 4. The minimum Gasteiger partial charge on any atom is -0.392 e. The van der Waals surface area contributed by atoms with Crippen LogP contribution in [0, 0.1) is 17.8 Å². The average molecular weight is 280 g/mol. The highest BCUT2D eigenvalue weighted by Gasteiger charge is 2.49. The number of aliphatic hydroxyl groups excluding tert-OH is 2. The summed E-state index contributed by atoms with van der Waals surface area (Å²) in [6.07, 6.45) is 4.62. The predicted octanol–water partition coefficient (Wildman–Crippen LogP) is 1.47.